The van der Waals surface area contributed by atoms with Gasteiger partial charge in [0.15, 0.2) is 0 Å². The summed E-state index contributed by atoms with van der Waals surface area (Å²) in [5.41, 5.74) is 0. The summed E-state index contributed by atoms with van der Waals surface area (Å²) in [5.74, 6) is 0.128. The zero-order valence-corrected chi connectivity index (χ0v) is 8.39. The number of hydrogen-bond acceptors (Lipinski definition) is 3. The molecule has 2 N–H and O–H groups in total. The maximum absolute atomic E-state index is 11.0. The van der Waals surface area contributed by atoms with E-state index in [4.69, 9.17) is 5.11 Å². The summed E-state index contributed by atoms with van der Waals surface area (Å²) in [6, 6.07) is 0. The zero-order valence-electron chi connectivity index (χ0n) is 7.58. The van der Waals surface area contributed by atoms with E-state index in [-0.39, 0.29) is 12.3 Å². The van der Waals surface area contributed by atoms with Gasteiger partial charge < -0.3 is 5.11 Å². The van der Waals surface area contributed by atoms with E-state index in [1.807, 2.05) is 0 Å². The van der Waals surface area contributed by atoms with Crippen LogP contribution in [0, 0.1) is 0 Å². The van der Waals surface area contributed by atoms with Gasteiger partial charge in [-0.05, 0) is 12.8 Å². The minimum atomic E-state index is -3.15. The lowest BCUT2D eigenvalue weighted by atomic mass is 10.3. The molecule has 4 nitrogen and oxygen atoms in total. The Balaban J connectivity index is 3.76. The molecule has 0 saturated carbocycles. The van der Waals surface area contributed by atoms with Gasteiger partial charge in [0.05, 0.1) is 11.9 Å². The summed E-state index contributed by atoms with van der Waals surface area (Å²) in [5, 5.41) is 9.06. The van der Waals surface area contributed by atoms with Gasteiger partial charge in [0.1, 0.15) is 0 Å². The summed E-state index contributed by atoms with van der Waals surface area (Å²) >= 11 is 0. The van der Waals surface area contributed by atoms with E-state index in [0.29, 0.717) is 12.8 Å². The molecular formula is C7H17NO3S. The van der Waals surface area contributed by atoms with Gasteiger partial charge in [-0.3, -0.25) is 0 Å². The molecule has 1 unspecified atom stereocenters. The standard InChI is InChI=1S/C7H17NO3S/c1-3-5-12(10,11)8-6-7(9)4-2/h7-9H,3-6H2,1-2H3. The molecule has 1 atom stereocenters. The zero-order chi connectivity index (χ0) is 9.61. The van der Waals surface area contributed by atoms with Gasteiger partial charge in [0, 0.05) is 6.54 Å². The monoisotopic (exact) mass is 195 g/mol. The molecule has 0 rings (SSSR count). The summed E-state index contributed by atoms with van der Waals surface area (Å²) in [6.45, 7) is 3.73. The third-order valence-corrected chi connectivity index (χ3v) is 3.04. The first-order chi connectivity index (χ1) is 5.52. The van der Waals surface area contributed by atoms with Crippen LogP contribution in [-0.2, 0) is 10.0 Å². The van der Waals surface area contributed by atoms with Gasteiger partial charge in [-0.15, -0.1) is 0 Å². The molecule has 0 saturated heterocycles. The molecule has 0 radical (unpaired) electrons. The molecule has 0 aromatic heterocycles. The van der Waals surface area contributed by atoms with E-state index < -0.39 is 16.1 Å². The van der Waals surface area contributed by atoms with Crippen molar-refractivity contribution in [3.05, 3.63) is 0 Å². The van der Waals surface area contributed by atoms with E-state index in [9.17, 15) is 8.42 Å². The van der Waals surface area contributed by atoms with Crippen LogP contribution in [0.5, 0.6) is 0 Å². The number of sulfonamides is 1. The topological polar surface area (TPSA) is 66.4 Å². The molecule has 0 aromatic carbocycles. The van der Waals surface area contributed by atoms with Crippen LogP contribution in [0.1, 0.15) is 26.7 Å². The smallest absolute Gasteiger partial charge is 0.211 e. The first-order valence-corrected chi connectivity index (χ1v) is 5.82. The quantitative estimate of drug-likeness (QED) is 0.631. The van der Waals surface area contributed by atoms with Crippen LogP contribution in [-0.4, -0.2) is 31.9 Å². The Bertz CT molecular complexity index is 201. The van der Waals surface area contributed by atoms with Crippen molar-refractivity contribution < 1.29 is 13.5 Å². The van der Waals surface area contributed by atoms with Crippen molar-refractivity contribution in [3.8, 4) is 0 Å². The predicted molar refractivity (Wildman–Crippen MR) is 48.4 cm³/mol. The van der Waals surface area contributed by atoms with Gasteiger partial charge in [-0.1, -0.05) is 13.8 Å². The lowest BCUT2D eigenvalue weighted by molar-refractivity contribution is 0.174. The summed E-state index contributed by atoms with van der Waals surface area (Å²) in [6.07, 6.45) is 0.586. The average molecular weight is 195 g/mol. The fourth-order valence-electron chi connectivity index (χ4n) is 0.708. The minimum absolute atomic E-state index is 0.124. The van der Waals surface area contributed by atoms with Gasteiger partial charge in [-0.2, -0.15) is 0 Å². The molecule has 5 heteroatoms. The fraction of sp³-hybridized carbons (Fsp3) is 1.00. The fourth-order valence-corrected chi connectivity index (χ4v) is 1.84. The Labute approximate surface area is 74.0 Å². The number of aliphatic hydroxyl groups excluding tert-OH is 1. The second-order valence-corrected chi connectivity index (χ2v) is 4.66. The van der Waals surface area contributed by atoms with Gasteiger partial charge >= 0.3 is 0 Å². The van der Waals surface area contributed by atoms with E-state index in [2.05, 4.69) is 4.72 Å². The predicted octanol–water partition coefficient (Wildman–Crippen LogP) is 0.0867. The van der Waals surface area contributed by atoms with Crippen LogP contribution in [0.2, 0.25) is 0 Å². The first kappa shape index (κ1) is 11.9. The lowest BCUT2D eigenvalue weighted by Gasteiger charge is -2.08. The highest BCUT2D eigenvalue weighted by atomic mass is 32.2. The van der Waals surface area contributed by atoms with Crippen LogP contribution in [0.15, 0.2) is 0 Å². The highest BCUT2D eigenvalue weighted by molar-refractivity contribution is 7.89. The van der Waals surface area contributed by atoms with Crippen molar-refractivity contribution in [2.45, 2.75) is 32.8 Å². The van der Waals surface area contributed by atoms with E-state index in [1.165, 1.54) is 0 Å². The second-order valence-electron chi connectivity index (χ2n) is 2.73. The van der Waals surface area contributed by atoms with E-state index in [1.54, 1.807) is 13.8 Å². The van der Waals surface area contributed by atoms with Crippen LogP contribution >= 0.6 is 0 Å². The molecule has 12 heavy (non-hydrogen) atoms. The number of nitrogens with one attached hydrogen (secondary N) is 1. The molecule has 0 amide bonds. The molecule has 74 valence electrons. The summed E-state index contributed by atoms with van der Waals surface area (Å²) < 4.78 is 24.4. The molecule has 0 aliphatic rings. The molecule has 0 aliphatic carbocycles. The number of rotatable bonds is 6. The maximum atomic E-state index is 11.0. The Morgan fingerprint density at radius 1 is 1.42 bits per heavy atom. The molecule has 0 aromatic rings. The molecule has 0 spiro atoms. The Morgan fingerprint density at radius 2 is 2.00 bits per heavy atom. The van der Waals surface area contributed by atoms with Crippen LogP contribution in [0.4, 0.5) is 0 Å². The molecule has 0 aliphatic heterocycles. The Morgan fingerprint density at radius 3 is 2.42 bits per heavy atom. The van der Waals surface area contributed by atoms with Gasteiger partial charge in [0.25, 0.3) is 0 Å². The largest absolute Gasteiger partial charge is 0.392 e. The maximum Gasteiger partial charge on any atom is 0.211 e. The Hall–Kier alpha value is -0.130. The van der Waals surface area contributed by atoms with Crippen LogP contribution < -0.4 is 4.72 Å². The van der Waals surface area contributed by atoms with Gasteiger partial charge in [-0.25, -0.2) is 13.1 Å². The summed E-state index contributed by atoms with van der Waals surface area (Å²) in [7, 11) is -3.15. The third kappa shape index (κ3) is 5.51. The third-order valence-electron chi connectivity index (χ3n) is 1.48. The van der Waals surface area contributed by atoms with Crippen molar-refractivity contribution in [1.82, 2.24) is 4.72 Å². The second kappa shape index (κ2) is 5.50. The molecular weight excluding hydrogens is 178 g/mol. The van der Waals surface area contributed by atoms with Crippen molar-refractivity contribution in [1.29, 1.82) is 0 Å². The molecule has 0 fully saturated rings. The van der Waals surface area contributed by atoms with Crippen molar-refractivity contribution in [2.75, 3.05) is 12.3 Å². The number of hydrogen-bond donors (Lipinski definition) is 2. The Kier molecular flexibility index (Phi) is 5.44. The molecule has 0 heterocycles. The van der Waals surface area contributed by atoms with E-state index >= 15 is 0 Å². The van der Waals surface area contributed by atoms with Crippen LogP contribution in [0.25, 0.3) is 0 Å². The average Bonchev–Trinajstić information content (AvgIpc) is 2.00. The van der Waals surface area contributed by atoms with Crippen LogP contribution in [0.3, 0.4) is 0 Å². The van der Waals surface area contributed by atoms with Gasteiger partial charge in [0.2, 0.25) is 10.0 Å². The lowest BCUT2D eigenvalue weighted by Crippen LogP contribution is -2.33. The summed E-state index contributed by atoms with van der Waals surface area (Å²) in [4.78, 5) is 0. The SMILES string of the molecule is CCCS(=O)(=O)NCC(O)CC. The van der Waals surface area contributed by atoms with E-state index in [0.717, 1.165) is 0 Å². The van der Waals surface area contributed by atoms with Crippen molar-refractivity contribution >= 4 is 10.0 Å². The normalized spacial score (nSPS) is 14.6. The minimum Gasteiger partial charge on any atom is -0.392 e. The molecule has 0 bridgehead atoms. The van der Waals surface area contributed by atoms with Crippen molar-refractivity contribution in [2.24, 2.45) is 0 Å². The first-order valence-electron chi connectivity index (χ1n) is 4.17. The highest BCUT2D eigenvalue weighted by Crippen LogP contribution is 1.91. The highest BCUT2D eigenvalue weighted by Gasteiger charge is 2.09. The number of aliphatic hydroxyl groups is 1. The van der Waals surface area contributed by atoms with Crippen molar-refractivity contribution in [3.63, 3.8) is 0 Å².